The van der Waals surface area contributed by atoms with E-state index in [-0.39, 0.29) is 18.2 Å². The van der Waals surface area contributed by atoms with Crippen molar-refractivity contribution in [2.45, 2.75) is 26.2 Å². The molecule has 2 N–H and O–H groups in total. The lowest BCUT2D eigenvalue weighted by Crippen LogP contribution is -2.48. The molecular weight excluding hydrogens is 266 g/mol. The third kappa shape index (κ3) is 5.55. The van der Waals surface area contributed by atoms with Gasteiger partial charge in [-0.1, -0.05) is 37.3 Å². The van der Waals surface area contributed by atoms with E-state index >= 15 is 0 Å². The molecule has 0 spiro atoms. The summed E-state index contributed by atoms with van der Waals surface area (Å²) in [5.74, 6) is 0.377. The molecule has 1 fully saturated rings. The summed E-state index contributed by atoms with van der Waals surface area (Å²) in [4.78, 5) is 25.6. The highest BCUT2D eigenvalue weighted by Crippen LogP contribution is 2.15. The van der Waals surface area contributed by atoms with Crippen LogP contribution in [-0.4, -0.2) is 36.3 Å². The number of nitrogens with zero attached hydrogens (tertiary/aromatic N) is 1. The van der Waals surface area contributed by atoms with Crippen molar-refractivity contribution < 1.29 is 9.59 Å². The van der Waals surface area contributed by atoms with Crippen LogP contribution < -0.4 is 10.9 Å². The van der Waals surface area contributed by atoms with Gasteiger partial charge in [-0.05, 0) is 37.4 Å². The number of likely N-dealkylation sites (tertiary alicyclic amines) is 1. The van der Waals surface area contributed by atoms with E-state index in [1.54, 1.807) is 0 Å². The Morgan fingerprint density at radius 3 is 2.38 bits per heavy atom. The van der Waals surface area contributed by atoms with E-state index in [4.69, 9.17) is 0 Å². The van der Waals surface area contributed by atoms with Crippen LogP contribution in [0.2, 0.25) is 0 Å². The highest BCUT2D eigenvalue weighted by atomic mass is 16.2. The van der Waals surface area contributed by atoms with Crippen LogP contribution in [0.15, 0.2) is 30.3 Å². The molecule has 0 unspecified atom stereocenters. The van der Waals surface area contributed by atoms with Crippen molar-refractivity contribution in [3.63, 3.8) is 0 Å². The molecule has 0 atom stereocenters. The Labute approximate surface area is 125 Å². The zero-order chi connectivity index (χ0) is 15.1. The average Bonchev–Trinajstić information content (AvgIpc) is 2.49. The van der Waals surface area contributed by atoms with Crippen LogP contribution in [0.1, 0.15) is 25.3 Å². The van der Waals surface area contributed by atoms with Gasteiger partial charge in [0.1, 0.15) is 0 Å². The van der Waals surface area contributed by atoms with Crippen LogP contribution >= 0.6 is 0 Å². The summed E-state index contributed by atoms with van der Waals surface area (Å²) in [5, 5.41) is 0. The van der Waals surface area contributed by atoms with Crippen molar-refractivity contribution in [1.29, 1.82) is 0 Å². The van der Waals surface area contributed by atoms with E-state index < -0.39 is 0 Å². The first-order chi connectivity index (χ1) is 10.1. The Hall–Kier alpha value is -1.88. The quantitative estimate of drug-likeness (QED) is 0.816. The molecule has 0 radical (unpaired) electrons. The van der Waals surface area contributed by atoms with Gasteiger partial charge < -0.3 is 0 Å². The first-order valence-electron chi connectivity index (χ1n) is 7.47. The Bertz CT molecular complexity index is 468. The summed E-state index contributed by atoms with van der Waals surface area (Å²) < 4.78 is 0. The maximum absolute atomic E-state index is 11.8. The van der Waals surface area contributed by atoms with Gasteiger partial charge in [0, 0.05) is 0 Å². The Morgan fingerprint density at radius 1 is 1.10 bits per heavy atom. The van der Waals surface area contributed by atoms with Crippen LogP contribution in [0.5, 0.6) is 0 Å². The van der Waals surface area contributed by atoms with Gasteiger partial charge in [0.25, 0.3) is 5.91 Å². The summed E-state index contributed by atoms with van der Waals surface area (Å²) >= 11 is 0. The molecule has 0 bridgehead atoms. The molecule has 5 heteroatoms. The van der Waals surface area contributed by atoms with Gasteiger partial charge in [0.2, 0.25) is 5.91 Å². The molecule has 0 saturated carbocycles. The predicted molar refractivity (Wildman–Crippen MR) is 81.3 cm³/mol. The third-order valence-electron chi connectivity index (χ3n) is 3.79. The van der Waals surface area contributed by atoms with Crippen LogP contribution in [0.3, 0.4) is 0 Å². The van der Waals surface area contributed by atoms with E-state index in [2.05, 4.69) is 22.7 Å². The molecule has 2 amide bonds. The number of piperidine rings is 1. The lowest BCUT2D eigenvalue weighted by atomic mass is 9.99. The number of carbonyl (C=O) groups excluding carboxylic acids is 2. The normalized spacial score (nSPS) is 16.4. The van der Waals surface area contributed by atoms with Gasteiger partial charge in [-0.15, -0.1) is 0 Å². The van der Waals surface area contributed by atoms with E-state index in [0.717, 1.165) is 37.4 Å². The third-order valence-corrected chi connectivity index (χ3v) is 3.79. The zero-order valence-corrected chi connectivity index (χ0v) is 12.5. The highest BCUT2D eigenvalue weighted by molar-refractivity contribution is 5.84. The minimum atomic E-state index is -0.207. The standard InChI is InChI=1S/C16H23N3O2/c1-13-7-9-19(10-8-13)12-16(21)18-17-15(20)11-14-5-3-2-4-6-14/h2-6,13H,7-12H2,1H3,(H,17,20)(H,18,21). The average molecular weight is 289 g/mol. The molecule has 0 aliphatic carbocycles. The molecule has 1 aromatic rings. The smallest absolute Gasteiger partial charge is 0.252 e. The lowest BCUT2D eigenvalue weighted by molar-refractivity contribution is -0.129. The summed E-state index contributed by atoms with van der Waals surface area (Å²) in [6.45, 7) is 4.48. The molecule has 1 saturated heterocycles. The van der Waals surface area contributed by atoms with Gasteiger partial charge in [-0.25, -0.2) is 0 Å². The molecule has 1 aliphatic rings. The van der Waals surface area contributed by atoms with Crippen molar-refractivity contribution in [1.82, 2.24) is 15.8 Å². The molecule has 1 aromatic carbocycles. The van der Waals surface area contributed by atoms with E-state index in [1.807, 2.05) is 30.3 Å². The first-order valence-corrected chi connectivity index (χ1v) is 7.47. The predicted octanol–water partition coefficient (Wildman–Crippen LogP) is 1.11. The monoisotopic (exact) mass is 289 g/mol. The second-order valence-electron chi connectivity index (χ2n) is 5.72. The molecule has 1 aliphatic heterocycles. The van der Waals surface area contributed by atoms with Crippen LogP contribution in [0.25, 0.3) is 0 Å². The number of rotatable bonds is 4. The number of amides is 2. The van der Waals surface area contributed by atoms with Gasteiger partial charge in [0.05, 0.1) is 13.0 Å². The minimum Gasteiger partial charge on any atom is -0.294 e. The summed E-state index contributed by atoms with van der Waals surface area (Å²) in [6, 6.07) is 9.45. The van der Waals surface area contributed by atoms with E-state index in [0.29, 0.717) is 6.54 Å². The number of hydrogen-bond donors (Lipinski definition) is 2. The largest absolute Gasteiger partial charge is 0.294 e. The molecule has 114 valence electrons. The van der Waals surface area contributed by atoms with Crippen LogP contribution in [0.4, 0.5) is 0 Å². The second-order valence-corrected chi connectivity index (χ2v) is 5.72. The fourth-order valence-corrected chi connectivity index (χ4v) is 2.43. The van der Waals surface area contributed by atoms with Crippen LogP contribution in [-0.2, 0) is 16.0 Å². The van der Waals surface area contributed by atoms with Crippen molar-refractivity contribution in [3.05, 3.63) is 35.9 Å². The molecule has 21 heavy (non-hydrogen) atoms. The Morgan fingerprint density at radius 2 is 1.71 bits per heavy atom. The van der Waals surface area contributed by atoms with Gasteiger partial charge in [-0.2, -0.15) is 0 Å². The van der Waals surface area contributed by atoms with Gasteiger partial charge in [-0.3, -0.25) is 25.3 Å². The van der Waals surface area contributed by atoms with Crippen molar-refractivity contribution in [3.8, 4) is 0 Å². The second kappa shape index (κ2) is 7.78. The first kappa shape index (κ1) is 15.5. The number of hydrazine groups is 1. The maximum Gasteiger partial charge on any atom is 0.252 e. The fraction of sp³-hybridized carbons (Fsp3) is 0.500. The molecular formula is C16H23N3O2. The van der Waals surface area contributed by atoms with Crippen LogP contribution in [0, 0.1) is 5.92 Å². The molecule has 5 nitrogen and oxygen atoms in total. The molecule has 1 heterocycles. The summed E-state index contributed by atoms with van der Waals surface area (Å²) in [7, 11) is 0. The minimum absolute atomic E-state index is 0.161. The molecule has 0 aromatic heterocycles. The summed E-state index contributed by atoms with van der Waals surface area (Å²) in [6.07, 6.45) is 2.53. The number of carbonyl (C=O) groups is 2. The zero-order valence-electron chi connectivity index (χ0n) is 12.5. The van der Waals surface area contributed by atoms with Crippen molar-refractivity contribution in [2.24, 2.45) is 5.92 Å². The highest BCUT2D eigenvalue weighted by Gasteiger charge is 2.18. The van der Waals surface area contributed by atoms with Gasteiger partial charge >= 0.3 is 0 Å². The summed E-state index contributed by atoms with van der Waals surface area (Å²) in [5.41, 5.74) is 5.87. The van der Waals surface area contributed by atoms with E-state index in [1.165, 1.54) is 0 Å². The SMILES string of the molecule is CC1CCN(CC(=O)NNC(=O)Cc2ccccc2)CC1. The lowest BCUT2D eigenvalue weighted by Gasteiger charge is -2.29. The Balaban J connectivity index is 1.65. The Kier molecular flexibility index (Phi) is 5.75. The molecule has 2 rings (SSSR count). The van der Waals surface area contributed by atoms with E-state index in [9.17, 15) is 9.59 Å². The number of nitrogens with one attached hydrogen (secondary N) is 2. The van der Waals surface area contributed by atoms with Crippen molar-refractivity contribution >= 4 is 11.8 Å². The fourth-order valence-electron chi connectivity index (χ4n) is 2.43. The van der Waals surface area contributed by atoms with Gasteiger partial charge in [0.15, 0.2) is 0 Å². The maximum atomic E-state index is 11.8. The number of benzene rings is 1. The topological polar surface area (TPSA) is 61.4 Å². The number of hydrogen-bond acceptors (Lipinski definition) is 3. The van der Waals surface area contributed by atoms with Crippen molar-refractivity contribution in [2.75, 3.05) is 19.6 Å².